The van der Waals surface area contributed by atoms with E-state index in [0.717, 1.165) is 110 Å². The van der Waals surface area contributed by atoms with Crippen LogP contribution >= 0.6 is 0 Å². The Hall–Kier alpha value is -16.6. The second-order valence-electron chi connectivity index (χ2n) is 33.4. The lowest BCUT2D eigenvalue weighted by Gasteiger charge is -2.34. The summed E-state index contributed by atoms with van der Waals surface area (Å²) in [5.41, 5.74) is 30.2. The number of hydrogen-bond acceptors (Lipinski definition) is 6. The van der Waals surface area contributed by atoms with Crippen LogP contribution in [0.2, 0.25) is 0 Å². The van der Waals surface area contributed by atoms with Crippen LogP contribution < -0.4 is 0 Å². The SMILES string of the molecule is c1ccc(-c2nc(-c3ccccc3)nc(-n3c4ccccc4c4c5c(ccc43)C(c3ccccc3)(c3cccc(-c4ccc(-c6nc(-n7c8ccccc8c8cc9c(cc87)-c7ccccc7C9(c7ccccc7)c7ccccc7)nc(-n7c8ccccc8c8cc9c(cc87)-c7ccccc7C9(c7ccccc7)c7ccccc7)n6)cc4)c3)c3ccccc3-5)n2)cc1. The van der Waals surface area contributed by atoms with Crippen LogP contribution in [0.15, 0.2) is 443 Å². The van der Waals surface area contributed by atoms with Crippen molar-refractivity contribution >= 4 is 65.4 Å². The van der Waals surface area contributed by atoms with Gasteiger partial charge in [0.1, 0.15) is 0 Å². The Morgan fingerprint density at radius 1 is 0.167 bits per heavy atom. The third kappa shape index (κ3) is 10.1. The number of nitrogens with zero attached hydrogens (tertiary/aromatic N) is 9. The normalized spacial score (nSPS) is 14.3. The highest BCUT2D eigenvalue weighted by atomic mass is 15.3. The van der Waals surface area contributed by atoms with E-state index in [4.69, 9.17) is 29.9 Å². The monoisotopic (exact) mass is 1600 g/mol. The van der Waals surface area contributed by atoms with E-state index in [0.29, 0.717) is 35.3 Å². The largest absolute Gasteiger partial charge is 0.278 e. The number of para-hydroxylation sites is 3. The molecule has 26 rings (SSSR count). The average Bonchev–Trinajstić information content (AvgIpc) is 1.61. The van der Waals surface area contributed by atoms with E-state index in [1.165, 1.54) is 83.5 Å². The fraction of sp³-hybridized carbons (Fsp3) is 0.0256. The van der Waals surface area contributed by atoms with Gasteiger partial charge in [0.15, 0.2) is 17.5 Å². The van der Waals surface area contributed by atoms with Gasteiger partial charge in [-0.15, -0.1) is 0 Å². The summed E-state index contributed by atoms with van der Waals surface area (Å²) >= 11 is 0. The van der Waals surface area contributed by atoms with Gasteiger partial charge in [-0.1, -0.05) is 388 Å². The van der Waals surface area contributed by atoms with E-state index in [-0.39, 0.29) is 0 Å². The van der Waals surface area contributed by atoms with Gasteiger partial charge in [0.05, 0.1) is 49.3 Å². The van der Waals surface area contributed by atoms with Crippen LogP contribution in [0.25, 0.3) is 162 Å². The topological polar surface area (TPSA) is 92.1 Å². The molecule has 0 bridgehead atoms. The number of aromatic nitrogens is 9. The van der Waals surface area contributed by atoms with Crippen molar-refractivity contribution in [1.29, 1.82) is 0 Å². The molecule has 3 aliphatic carbocycles. The predicted octanol–water partition coefficient (Wildman–Crippen LogP) is 27.1. The lowest BCUT2D eigenvalue weighted by Crippen LogP contribution is -2.28. The van der Waals surface area contributed by atoms with Crippen molar-refractivity contribution in [3.8, 4) is 96.5 Å². The lowest BCUT2D eigenvalue weighted by molar-refractivity contribution is 0.769. The van der Waals surface area contributed by atoms with Crippen LogP contribution in [0.1, 0.15) is 66.8 Å². The van der Waals surface area contributed by atoms with Gasteiger partial charge in [0, 0.05) is 49.0 Å². The van der Waals surface area contributed by atoms with Crippen molar-refractivity contribution in [1.82, 2.24) is 43.6 Å². The molecular weight excluding hydrogens is 1530 g/mol. The minimum absolute atomic E-state index is 0.497. The summed E-state index contributed by atoms with van der Waals surface area (Å²) in [6.45, 7) is 0. The van der Waals surface area contributed by atoms with Crippen molar-refractivity contribution in [2.45, 2.75) is 16.2 Å². The molecule has 5 aromatic heterocycles. The van der Waals surface area contributed by atoms with Crippen molar-refractivity contribution in [3.63, 3.8) is 0 Å². The van der Waals surface area contributed by atoms with Crippen LogP contribution in [-0.2, 0) is 16.2 Å². The zero-order valence-corrected chi connectivity index (χ0v) is 68.2. The maximum Gasteiger partial charge on any atom is 0.240 e. The van der Waals surface area contributed by atoms with E-state index in [1.807, 2.05) is 36.4 Å². The molecule has 3 aliphatic rings. The fourth-order valence-electron chi connectivity index (χ4n) is 22.1. The van der Waals surface area contributed by atoms with E-state index in [9.17, 15) is 0 Å². The molecule has 126 heavy (non-hydrogen) atoms. The summed E-state index contributed by atoms with van der Waals surface area (Å²) in [6, 6.07) is 162. The molecule has 0 saturated heterocycles. The third-order valence-corrected chi connectivity index (χ3v) is 27.2. The first-order chi connectivity index (χ1) is 62.5. The Morgan fingerprint density at radius 2 is 0.492 bits per heavy atom. The Balaban J connectivity index is 0.672. The minimum Gasteiger partial charge on any atom is -0.278 e. The molecule has 0 N–H and O–H groups in total. The number of rotatable bonds is 13. The number of benzene rings is 18. The Morgan fingerprint density at radius 3 is 0.952 bits per heavy atom. The predicted molar refractivity (Wildman–Crippen MR) is 510 cm³/mol. The molecule has 9 heteroatoms. The third-order valence-electron chi connectivity index (χ3n) is 27.2. The molecular formula is C117H73N9. The summed E-state index contributed by atoms with van der Waals surface area (Å²) in [6.07, 6.45) is 0. The van der Waals surface area contributed by atoms with Crippen LogP contribution in [-0.4, -0.2) is 43.6 Å². The van der Waals surface area contributed by atoms with Crippen LogP contribution in [0, 0.1) is 0 Å². The molecule has 586 valence electrons. The first kappa shape index (κ1) is 71.1. The Bertz CT molecular complexity index is 7960. The average molecular weight is 1600 g/mol. The van der Waals surface area contributed by atoms with Crippen molar-refractivity contribution in [2.75, 3.05) is 0 Å². The molecule has 0 spiro atoms. The molecule has 0 radical (unpaired) electrons. The minimum atomic E-state index is -0.765. The highest BCUT2D eigenvalue weighted by Crippen LogP contribution is 2.62. The van der Waals surface area contributed by atoms with E-state index in [2.05, 4.69) is 420 Å². The van der Waals surface area contributed by atoms with Gasteiger partial charge < -0.3 is 0 Å². The molecule has 5 heterocycles. The van der Waals surface area contributed by atoms with Gasteiger partial charge in [-0.05, 0) is 166 Å². The molecule has 0 fully saturated rings. The second kappa shape index (κ2) is 27.7. The van der Waals surface area contributed by atoms with E-state index < -0.39 is 16.2 Å². The summed E-state index contributed by atoms with van der Waals surface area (Å²) in [7, 11) is 0. The highest BCUT2D eigenvalue weighted by Gasteiger charge is 2.51. The van der Waals surface area contributed by atoms with Crippen LogP contribution in [0.4, 0.5) is 0 Å². The van der Waals surface area contributed by atoms with Crippen LogP contribution in [0.3, 0.4) is 0 Å². The van der Waals surface area contributed by atoms with E-state index in [1.54, 1.807) is 0 Å². The molecule has 0 aliphatic heterocycles. The summed E-state index contributed by atoms with van der Waals surface area (Å²) in [5, 5.41) is 6.62. The zero-order valence-electron chi connectivity index (χ0n) is 68.2. The van der Waals surface area contributed by atoms with Crippen molar-refractivity contribution < 1.29 is 0 Å². The number of hydrogen-bond donors (Lipinski definition) is 0. The molecule has 23 aromatic rings. The van der Waals surface area contributed by atoms with Crippen molar-refractivity contribution in [2.24, 2.45) is 0 Å². The van der Waals surface area contributed by atoms with Gasteiger partial charge in [0.2, 0.25) is 17.8 Å². The maximum atomic E-state index is 5.91. The zero-order chi connectivity index (χ0) is 82.8. The van der Waals surface area contributed by atoms with Gasteiger partial charge >= 0.3 is 0 Å². The van der Waals surface area contributed by atoms with Gasteiger partial charge in [-0.2, -0.15) is 24.9 Å². The van der Waals surface area contributed by atoms with Crippen LogP contribution in [0.5, 0.6) is 0 Å². The fourth-order valence-corrected chi connectivity index (χ4v) is 22.1. The molecule has 9 nitrogen and oxygen atoms in total. The van der Waals surface area contributed by atoms with Crippen molar-refractivity contribution in [3.05, 3.63) is 510 Å². The summed E-state index contributed by atoms with van der Waals surface area (Å²) in [4.78, 5) is 33.4. The first-order valence-electron chi connectivity index (χ1n) is 43.1. The Kier molecular flexibility index (Phi) is 15.6. The van der Waals surface area contributed by atoms with E-state index >= 15 is 0 Å². The molecule has 0 saturated carbocycles. The lowest BCUT2D eigenvalue weighted by atomic mass is 9.67. The standard InChI is InChI=1S/C117H73N9/c1-8-35-75(36-9-1)109-118-110(76-37-10-2-11-38-76)120-112(119-109)124-103-62-33-27-56-90(103)108-104(124)68-67-98-107(108)89-55-24-30-59-97(89)117(98,83-48-20-7-21-49-83)84-50-34-39-78(69-84)74-63-65-77(66-64-74)111-121-113(125-101-60-31-25-53-87(101)93-70-99-91(72-105(93)125)85-51-22-28-57-95(85)115(99,79-40-12-3-13-41-79)80-42-14-4-15-43-80)123-114(122-111)126-102-61-32-26-54-88(102)94-71-100-92(73-106(94)126)86-52-23-29-58-96(86)116(100,81-44-16-5-17-45-81)82-46-18-6-19-47-82/h1-73H. The highest BCUT2D eigenvalue weighted by molar-refractivity contribution is 6.19. The quantitative estimate of drug-likeness (QED) is 0.114. The smallest absolute Gasteiger partial charge is 0.240 e. The molecule has 1 atom stereocenters. The summed E-state index contributed by atoms with van der Waals surface area (Å²) in [5.74, 6) is 3.27. The van der Waals surface area contributed by atoms with Gasteiger partial charge in [-0.25, -0.2) is 4.98 Å². The second-order valence-corrected chi connectivity index (χ2v) is 33.4. The maximum absolute atomic E-state index is 5.91. The van der Waals surface area contributed by atoms with Gasteiger partial charge in [-0.3, -0.25) is 13.7 Å². The molecule has 0 amide bonds. The molecule has 1 unspecified atom stereocenters. The van der Waals surface area contributed by atoms with Gasteiger partial charge in [0.25, 0.3) is 0 Å². The first-order valence-corrected chi connectivity index (χ1v) is 43.1. The molecule has 18 aromatic carbocycles. The summed E-state index contributed by atoms with van der Waals surface area (Å²) < 4.78 is 6.84. The Labute approximate surface area is 726 Å². The number of fused-ring (bicyclic) bond motifs is 19.